The number of para-hydroxylation sites is 6. The first-order chi connectivity index (χ1) is 68.5. The molecular weight excluding hydrogens is 1670 g/mol. The molecule has 6 nitrogen and oxygen atoms in total. The minimum atomic E-state index is 1.16. The first-order valence-corrected chi connectivity index (χ1v) is 47.5. The zero-order chi connectivity index (χ0) is 90.8. The summed E-state index contributed by atoms with van der Waals surface area (Å²) < 4.78 is 14.5. The Morgan fingerprint density at radius 1 is 0.0942 bits per heavy atom. The first kappa shape index (κ1) is 79.4. The lowest BCUT2D eigenvalue weighted by Gasteiger charge is -2.11. The zero-order valence-corrected chi connectivity index (χ0v) is 75.3. The molecule has 6 aromatic heterocycles. The molecule has 0 atom stereocenters. The number of nitrogens with zero attached hydrogens (tertiary/aromatic N) is 6. The summed E-state index contributed by atoms with van der Waals surface area (Å²) in [5, 5.41) is 22.9. The van der Waals surface area contributed by atoms with E-state index in [-0.39, 0.29) is 0 Å². The van der Waals surface area contributed by atoms with Crippen LogP contribution in [0.4, 0.5) is 0 Å². The van der Waals surface area contributed by atoms with Gasteiger partial charge in [-0.2, -0.15) is 0 Å². The molecule has 0 saturated heterocycles. The maximum Gasteiger partial charge on any atom is 0.0548 e. The molecule has 0 spiro atoms. The van der Waals surface area contributed by atoms with Gasteiger partial charge >= 0.3 is 0 Å². The molecule has 29 aromatic rings. The third kappa shape index (κ3) is 13.2. The van der Waals surface area contributed by atoms with E-state index >= 15 is 0 Å². The molecule has 0 saturated carbocycles. The van der Waals surface area contributed by atoms with E-state index in [1.807, 2.05) is 0 Å². The minimum absolute atomic E-state index is 1.16. The topological polar surface area (TPSA) is 29.6 Å². The van der Waals surface area contributed by atoms with Crippen LogP contribution in [-0.4, -0.2) is 27.4 Å². The molecule has 23 aromatic carbocycles. The monoisotopic (exact) mass is 1750 g/mol. The van der Waals surface area contributed by atoms with Crippen LogP contribution in [0.5, 0.6) is 0 Å². The molecule has 0 radical (unpaired) electrons. The van der Waals surface area contributed by atoms with Crippen molar-refractivity contribution in [3.8, 4) is 89.8 Å². The number of fused-ring (bicyclic) bond motifs is 24. The lowest BCUT2D eigenvalue weighted by atomic mass is 10.0. The van der Waals surface area contributed by atoms with Gasteiger partial charge in [0.2, 0.25) is 0 Å². The Morgan fingerprint density at radius 2 is 0.261 bits per heavy atom. The van der Waals surface area contributed by atoms with Gasteiger partial charge in [0.1, 0.15) is 0 Å². The largest absolute Gasteiger partial charge is 0.309 e. The van der Waals surface area contributed by atoms with Crippen LogP contribution in [0.1, 0.15) is 0 Å². The number of benzene rings is 23. The fourth-order valence-electron chi connectivity index (χ4n) is 22.2. The maximum atomic E-state index is 2.43. The maximum absolute atomic E-state index is 2.43. The first-order valence-electron chi connectivity index (χ1n) is 47.5. The Bertz CT molecular complexity index is 9840. The van der Waals surface area contributed by atoms with Gasteiger partial charge in [-0.25, -0.2) is 0 Å². The number of hydrogen-bond donors (Lipinski definition) is 0. The van der Waals surface area contributed by atoms with Gasteiger partial charge in [-0.3, -0.25) is 0 Å². The molecule has 6 heteroatoms. The van der Waals surface area contributed by atoms with Crippen molar-refractivity contribution in [2.24, 2.45) is 0 Å². The fraction of sp³-hybridized carbons (Fsp3) is 0. The number of hydrogen-bond acceptors (Lipinski definition) is 0. The average molecular weight is 1760 g/mol. The van der Waals surface area contributed by atoms with Crippen LogP contribution >= 0.6 is 0 Å². The highest BCUT2D eigenvalue weighted by Gasteiger charge is 2.26. The van der Waals surface area contributed by atoms with Crippen molar-refractivity contribution in [3.63, 3.8) is 0 Å². The summed E-state index contributed by atoms with van der Waals surface area (Å²) in [5.41, 5.74) is 33.8. The van der Waals surface area contributed by atoms with E-state index in [1.54, 1.807) is 0 Å². The van der Waals surface area contributed by atoms with Gasteiger partial charge in [-0.1, -0.05) is 370 Å². The van der Waals surface area contributed by atoms with E-state index in [2.05, 4.69) is 549 Å². The van der Waals surface area contributed by atoms with Gasteiger partial charge < -0.3 is 27.4 Å². The quantitative estimate of drug-likeness (QED) is 0.124. The van der Waals surface area contributed by atoms with Crippen molar-refractivity contribution in [2.45, 2.75) is 0 Å². The molecule has 6 heterocycles. The Kier molecular flexibility index (Phi) is 18.9. The number of rotatable bonds is 11. The second kappa shape index (κ2) is 32.8. The molecular formula is C132H86N6. The van der Waals surface area contributed by atoms with Gasteiger partial charge in [0.25, 0.3) is 0 Å². The van der Waals surface area contributed by atoms with Crippen LogP contribution in [-0.2, 0) is 0 Å². The smallest absolute Gasteiger partial charge is 0.0548 e. The molecule has 29 rings (SSSR count). The SMILES string of the molecule is c1ccc(-c2ccc(-c3ccc(-n4c5ccccc5c5c6c7ccccc7n(-c7ccc8ccccc8c7)c6ccc54)cc3)cc2)cc1.c1ccc(-c2ccc(-n3c4ccccc4c4c5c6ccccc6n(-c6ccc(-c7ccc8ccccc8c7)cc6)c5ccc43)cc2)cc1.c1ccc(-c2ccc(-n3c4ccccc4c4c5c6ccccc6n(-c6ccc7ccccc7c6)c5ccc43)cc2)cc1. The zero-order valence-electron chi connectivity index (χ0n) is 75.3. The summed E-state index contributed by atoms with van der Waals surface area (Å²) in [7, 11) is 0. The van der Waals surface area contributed by atoms with E-state index in [1.165, 1.54) is 236 Å². The minimum Gasteiger partial charge on any atom is -0.309 e. The van der Waals surface area contributed by atoms with Gasteiger partial charge in [-0.05, 0) is 240 Å². The van der Waals surface area contributed by atoms with Crippen LogP contribution < -0.4 is 0 Å². The molecule has 0 unspecified atom stereocenters. The third-order valence-corrected chi connectivity index (χ3v) is 28.5. The summed E-state index contributed by atoms with van der Waals surface area (Å²) in [6.07, 6.45) is 0. The lowest BCUT2D eigenvalue weighted by molar-refractivity contribution is 1.17. The van der Waals surface area contributed by atoms with Crippen molar-refractivity contribution in [1.82, 2.24) is 27.4 Å². The Balaban J connectivity index is 0.000000105. The molecule has 644 valence electrons. The third-order valence-electron chi connectivity index (χ3n) is 28.5. The predicted molar refractivity (Wildman–Crippen MR) is 585 cm³/mol. The second-order valence-corrected chi connectivity index (χ2v) is 36.2. The van der Waals surface area contributed by atoms with E-state index in [0.717, 1.165) is 17.1 Å². The average Bonchev–Trinajstić information content (AvgIpc) is 1.55. The molecule has 0 aliphatic carbocycles. The van der Waals surface area contributed by atoms with Gasteiger partial charge in [0.15, 0.2) is 0 Å². The van der Waals surface area contributed by atoms with E-state index in [9.17, 15) is 0 Å². The van der Waals surface area contributed by atoms with E-state index < -0.39 is 0 Å². The Morgan fingerprint density at radius 3 is 0.514 bits per heavy atom. The molecule has 138 heavy (non-hydrogen) atoms. The van der Waals surface area contributed by atoms with Crippen molar-refractivity contribution in [2.75, 3.05) is 0 Å². The predicted octanol–water partition coefficient (Wildman–Crippen LogP) is 35.4. The molecule has 0 N–H and O–H groups in total. The second-order valence-electron chi connectivity index (χ2n) is 36.2. The summed E-state index contributed by atoms with van der Waals surface area (Å²) in [6, 6.07) is 189. The standard InChI is InChI=1S/2C46H30N2.C40H26N2/c1-2-10-31(11-3-1)33-18-20-34(21-19-33)35-22-25-37(26-23-35)47-41-16-8-6-14-39(41)45-43(47)28-29-44-46(45)40-15-7-9-17-42(40)48(44)38-27-24-32-12-4-5-13-36(32)30-38;1-2-10-31(11-3-1)33-20-24-37(25-21-33)47-41-16-8-6-14-39(41)45-43(47)28-29-44-46(45)40-15-7-9-17-42(40)48(44)38-26-22-34(23-27-38)36-19-18-32-12-4-5-13-35(32)30-36;1-2-10-27(11-3-1)29-18-21-31(22-19-29)41-35-16-8-6-14-33(35)39-37(41)24-25-38-40(39)34-15-7-9-17-36(34)42(38)32-23-20-28-12-4-5-13-30(28)26-32/h2*1-30H;1-26H. The van der Waals surface area contributed by atoms with Gasteiger partial charge in [0.05, 0.1) is 66.2 Å². The summed E-state index contributed by atoms with van der Waals surface area (Å²) in [5.74, 6) is 0. The Labute approximate surface area is 796 Å². The van der Waals surface area contributed by atoms with Crippen LogP contribution in [0.2, 0.25) is 0 Å². The van der Waals surface area contributed by atoms with Crippen molar-refractivity contribution >= 4 is 163 Å². The van der Waals surface area contributed by atoms with Crippen molar-refractivity contribution < 1.29 is 0 Å². The summed E-state index contributed by atoms with van der Waals surface area (Å²) in [4.78, 5) is 0. The van der Waals surface area contributed by atoms with Crippen LogP contribution in [0.25, 0.3) is 253 Å². The fourth-order valence-corrected chi connectivity index (χ4v) is 22.2. The van der Waals surface area contributed by atoms with Crippen LogP contribution in [0.15, 0.2) is 522 Å². The molecule has 0 bridgehead atoms. The lowest BCUT2D eigenvalue weighted by Crippen LogP contribution is -1.95. The summed E-state index contributed by atoms with van der Waals surface area (Å²) >= 11 is 0. The molecule has 0 aliphatic rings. The van der Waals surface area contributed by atoms with Crippen molar-refractivity contribution in [1.29, 1.82) is 0 Å². The van der Waals surface area contributed by atoms with Gasteiger partial charge in [-0.15, -0.1) is 0 Å². The van der Waals surface area contributed by atoms with E-state index in [4.69, 9.17) is 0 Å². The highest BCUT2D eigenvalue weighted by atomic mass is 15.0. The van der Waals surface area contributed by atoms with Crippen molar-refractivity contribution in [3.05, 3.63) is 522 Å². The number of aromatic nitrogens is 6. The van der Waals surface area contributed by atoms with Crippen LogP contribution in [0.3, 0.4) is 0 Å². The summed E-state index contributed by atoms with van der Waals surface area (Å²) in [6.45, 7) is 0. The van der Waals surface area contributed by atoms with E-state index in [0.29, 0.717) is 0 Å². The van der Waals surface area contributed by atoms with Crippen LogP contribution in [0, 0.1) is 0 Å². The normalized spacial score (nSPS) is 11.8. The molecule has 0 aliphatic heterocycles. The van der Waals surface area contributed by atoms with Gasteiger partial charge in [0, 0.05) is 98.8 Å². The molecule has 0 fully saturated rings. The molecule has 0 amide bonds. The Hall–Kier alpha value is -18.4. The highest BCUT2D eigenvalue weighted by molar-refractivity contribution is 6.32. The highest BCUT2D eigenvalue weighted by Crippen LogP contribution is 2.48.